The van der Waals surface area contributed by atoms with Crippen LogP contribution >= 0.6 is 11.8 Å². The van der Waals surface area contributed by atoms with E-state index in [1.807, 2.05) is 13.8 Å². The van der Waals surface area contributed by atoms with Crippen molar-refractivity contribution in [3.63, 3.8) is 0 Å². The molecule has 0 aliphatic carbocycles. The lowest BCUT2D eigenvalue weighted by molar-refractivity contribution is 0.0948. The number of hydrogen-bond acceptors (Lipinski definition) is 7. The highest BCUT2D eigenvalue weighted by molar-refractivity contribution is 7.99. The topological polar surface area (TPSA) is 99.5 Å². The number of benzene rings is 3. The molecule has 0 radical (unpaired) electrons. The van der Waals surface area contributed by atoms with Gasteiger partial charge in [0.25, 0.3) is 11.5 Å². The van der Waals surface area contributed by atoms with E-state index in [-0.39, 0.29) is 23.0 Å². The largest absolute Gasteiger partial charge is 0.497 e. The van der Waals surface area contributed by atoms with Crippen LogP contribution < -0.4 is 20.3 Å². The number of Topliss-reactive ketones (excluding diaryl/α,β-unsaturated/α-hetero) is 1. The molecule has 0 spiro atoms. The van der Waals surface area contributed by atoms with Gasteiger partial charge in [-0.05, 0) is 72.6 Å². The van der Waals surface area contributed by atoms with E-state index >= 15 is 0 Å². The van der Waals surface area contributed by atoms with E-state index in [0.717, 1.165) is 11.8 Å². The summed E-state index contributed by atoms with van der Waals surface area (Å²) in [6.45, 7) is 4.57. The molecular weight excluding hydrogens is 502 g/mol. The molecule has 0 unspecified atom stereocenters. The lowest BCUT2D eigenvalue weighted by atomic mass is 10.1. The number of aromatic nitrogens is 2. The number of fused-ring (bicyclic) bond motifs is 1. The smallest absolute Gasteiger partial charge is 0.266 e. The molecule has 0 saturated carbocycles. The van der Waals surface area contributed by atoms with Crippen LogP contribution in [-0.4, -0.2) is 47.8 Å². The Bertz CT molecular complexity index is 1510. The summed E-state index contributed by atoms with van der Waals surface area (Å²) in [5.74, 6) is 1.33. The predicted octanol–water partition coefficient (Wildman–Crippen LogP) is 4.76. The minimum absolute atomic E-state index is 0.0645. The van der Waals surface area contributed by atoms with Gasteiger partial charge in [-0.1, -0.05) is 25.6 Å². The van der Waals surface area contributed by atoms with Crippen LogP contribution in [0.2, 0.25) is 0 Å². The Hall–Kier alpha value is -4.11. The van der Waals surface area contributed by atoms with Crippen molar-refractivity contribution < 1.29 is 19.1 Å². The first-order chi connectivity index (χ1) is 18.3. The van der Waals surface area contributed by atoms with Gasteiger partial charge in [0, 0.05) is 17.7 Å². The molecule has 4 rings (SSSR count). The van der Waals surface area contributed by atoms with E-state index in [1.165, 1.54) is 4.57 Å². The van der Waals surface area contributed by atoms with Crippen molar-refractivity contribution in [2.75, 3.05) is 26.5 Å². The zero-order valence-corrected chi connectivity index (χ0v) is 22.5. The number of nitrogens with one attached hydrogen (secondary N) is 1. The Morgan fingerprint density at radius 3 is 2.13 bits per heavy atom. The maximum atomic E-state index is 13.7. The highest BCUT2D eigenvalue weighted by atomic mass is 32.2. The highest BCUT2D eigenvalue weighted by Gasteiger charge is 2.17. The van der Waals surface area contributed by atoms with Crippen molar-refractivity contribution in [2.45, 2.75) is 19.0 Å². The Kier molecular flexibility index (Phi) is 8.48. The van der Waals surface area contributed by atoms with Gasteiger partial charge in [0.2, 0.25) is 0 Å². The standard InChI is InChI=1S/C29H29N3O5S/c1-18(2)16-30-27(34)20-7-14-24-25(15-20)31-29(32(28(24)35)21-8-12-23(37-4)13-9-21)38-17-26(33)19-5-10-22(36-3)11-6-19/h5-15,18H,16-17H2,1-4H3,(H,30,34). The lowest BCUT2D eigenvalue weighted by Crippen LogP contribution is -2.27. The summed E-state index contributed by atoms with van der Waals surface area (Å²) in [6.07, 6.45) is 0. The van der Waals surface area contributed by atoms with Crippen molar-refractivity contribution >= 4 is 34.4 Å². The molecule has 0 aliphatic rings. The van der Waals surface area contributed by atoms with Crippen LogP contribution in [0.5, 0.6) is 11.5 Å². The van der Waals surface area contributed by atoms with Gasteiger partial charge >= 0.3 is 0 Å². The molecule has 8 nitrogen and oxygen atoms in total. The van der Waals surface area contributed by atoms with Crippen LogP contribution in [0.1, 0.15) is 34.6 Å². The first-order valence-corrected chi connectivity index (χ1v) is 13.1. The molecule has 0 atom stereocenters. The monoisotopic (exact) mass is 531 g/mol. The Labute approximate surface area is 225 Å². The quantitative estimate of drug-likeness (QED) is 0.179. The average molecular weight is 532 g/mol. The minimum Gasteiger partial charge on any atom is -0.497 e. The van der Waals surface area contributed by atoms with Crippen molar-refractivity contribution in [1.29, 1.82) is 0 Å². The number of carbonyl (C=O) groups is 2. The van der Waals surface area contributed by atoms with Crippen LogP contribution in [0, 0.1) is 5.92 Å². The van der Waals surface area contributed by atoms with Gasteiger partial charge in [-0.2, -0.15) is 0 Å². The summed E-state index contributed by atoms with van der Waals surface area (Å²) in [4.78, 5) is 44.0. The van der Waals surface area contributed by atoms with Gasteiger partial charge in [-0.3, -0.25) is 19.0 Å². The van der Waals surface area contributed by atoms with Gasteiger partial charge in [-0.25, -0.2) is 4.98 Å². The summed E-state index contributed by atoms with van der Waals surface area (Å²) in [7, 11) is 3.13. The van der Waals surface area contributed by atoms with Gasteiger partial charge in [0.15, 0.2) is 10.9 Å². The fraction of sp³-hybridized carbons (Fsp3) is 0.241. The van der Waals surface area contributed by atoms with Crippen LogP contribution in [0.15, 0.2) is 76.7 Å². The molecular formula is C29H29N3O5S. The number of amides is 1. The number of carbonyl (C=O) groups excluding carboxylic acids is 2. The van der Waals surface area contributed by atoms with Crippen LogP contribution in [0.25, 0.3) is 16.6 Å². The Morgan fingerprint density at radius 1 is 0.921 bits per heavy atom. The molecule has 1 heterocycles. The van der Waals surface area contributed by atoms with Crippen LogP contribution in [0.3, 0.4) is 0 Å². The molecule has 0 fully saturated rings. The second kappa shape index (κ2) is 12.0. The molecule has 1 aromatic heterocycles. The fourth-order valence-corrected chi connectivity index (χ4v) is 4.66. The minimum atomic E-state index is -0.297. The molecule has 9 heteroatoms. The Balaban J connectivity index is 1.73. The molecule has 1 amide bonds. The first-order valence-electron chi connectivity index (χ1n) is 12.1. The molecule has 196 valence electrons. The summed E-state index contributed by atoms with van der Waals surface area (Å²) in [5, 5.41) is 3.60. The van der Waals surface area contributed by atoms with Crippen LogP contribution in [0.4, 0.5) is 0 Å². The third-order valence-corrected chi connectivity index (χ3v) is 6.79. The second-order valence-electron chi connectivity index (χ2n) is 9.01. The number of nitrogens with zero attached hydrogens (tertiary/aromatic N) is 2. The maximum Gasteiger partial charge on any atom is 0.266 e. The number of rotatable bonds is 10. The van der Waals surface area contributed by atoms with Crippen LogP contribution in [-0.2, 0) is 0 Å². The third-order valence-electron chi connectivity index (χ3n) is 5.85. The van der Waals surface area contributed by atoms with E-state index in [1.54, 1.807) is 80.9 Å². The molecule has 1 N–H and O–H groups in total. The summed E-state index contributed by atoms with van der Waals surface area (Å²) < 4.78 is 11.9. The molecule has 3 aromatic carbocycles. The van der Waals surface area contributed by atoms with Gasteiger partial charge in [-0.15, -0.1) is 0 Å². The zero-order chi connectivity index (χ0) is 27.2. The summed E-state index contributed by atoms with van der Waals surface area (Å²) in [6, 6.07) is 18.7. The Morgan fingerprint density at radius 2 is 1.53 bits per heavy atom. The number of hydrogen-bond donors (Lipinski definition) is 1. The van der Waals surface area contributed by atoms with Crippen molar-refractivity contribution in [2.24, 2.45) is 5.92 Å². The number of methoxy groups -OCH3 is 2. The van der Waals surface area contributed by atoms with Gasteiger partial charge in [0.05, 0.1) is 36.6 Å². The number of ether oxygens (including phenoxy) is 2. The van der Waals surface area contributed by atoms with E-state index < -0.39 is 0 Å². The van der Waals surface area contributed by atoms with Gasteiger partial charge < -0.3 is 14.8 Å². The average Bonchev–Trinajstić information content (AvgIpc) is 2.94. The molecule has 0 aliphatic heterocycles. The maximum absolute atomic E-state index is 13.7. The molecule has 4 aromatic rings. The normalized spacial score (nSPS) is 11.0. The molecule has 38 heavy (non-hydrogen) atoms. The second-order valence-corrected chi connectivity index (χ2v) is 9.95. The van der Waals surface area contributed by atoms with E-state index in [0.29, 0.717) is 56.8 Å². The van der Waals surface area contributed by atoms with Crippen molar-refractivity contribution in [3.8, 4) is 17.2 Å². The summed E-state index contributed by atoms with van der Waals surface area (Å²) >= 11 is 1.16. The molecule has 0 saturated heterocycles. The number of thioether (sulfide) groups is 1. The predicted molar refractivity (Wildman–Crippen MR) is 149 cm³/mol. The SMILES string of the molecule is COc1ccc(C(=O)CSc2nc3cc(C(=O)NCC(C)C)ccc3c(=O)n2-c2ccc(OC)cc2)cc1. The van der Waals surface area contributed by atoms with Crippen molar-refractivity contribution in [3.05, 3.63) is 88.2 Å². The molecule has 0 bridgehead atoms. The van der Waals surface area contributed by atoms with E-state index in [2.05, 4.69) is 5.32 Å². The fourth-order valence-electron chi connectivity index (χ4n) is 3.75. The third kappa shape index (κ3) is 6.06. The first kappa shape index (κ1) is 26.9. The van der Waals surface area contributed by atoms with Crippen molar-refractivity contribution in [1.82, 2.24) is 14.9 Å². The van der Waals surface area contributed by atoms with Gasteiger partial charge in [0.1, 0.15) is 11.5 Å². The zero-order valence-electron chi connectivity index (χ0n) is 21.7. The van der Waals surface area contributed by atoms with E-state index in [9.17, 15) is 14.4 Å². The number of ketones is 1. The highest BCUT2D eigenvalue weighted by Crippen LogP contribution is 2.24. The lowest BCUT2D eigenvalue weighted by Gasteiger charge is -2.14. The van der Waals surface area contributed by atoms with E-state index in [4.69, 9.17) is 14.5 Å². The summed E-state index contributed by atoms with van der Waals surface area (Å²) in [5.41, 5.74) is 1.62.